The molecule has 0 bridgehead atoms. The predicted molar refractivity (Wildman–Crippen MR) is 63.7 cm³/mol. The first kappa shape index (κ1) is 14.5. The third-order valence-corrected chi connectivity index (χ3v) is 2.74. The number of ether oxygens (including phenoxy) is 1. The van der Waals surface area contributed by atoms with Crippen LogP contribution in [0.15, 0.2) is 0 Å². The highest BCUT2D eigenvalue weighted by Gasteiger charge is 2.26. The molecule has 0 aliphatic heterocycles. The van der Waals surface area contributed by atoms with Crippen LogP contribution in [0, 0.1) is 10.8 Å². The van der Waals surface area contributed by atoms with E-state index in [0.29, 0.717) is 12.0 Å². The van der Waals surface area contributed by atoms with Gasteiger partial charge in [0.15, 0.2) is 0 Å². The Balaban J connectivity index is 3.74. The molecule has 0 aromatic heterocycles. The van der Waals surface area contributed by atoms with E-state index in [9.17, 15) is 4.79 Å². The number of rotatable bonds is 5. The summed E-state index contributed by atoms with van der Waals surface area (Å²) in [6.07, 6.45) is 2.87. The predicted octanol–water partition coefficient (Wildman–Crippen LogP) is 3.79. The van der Waals surface area contributed by atoms with Crippen LogP contribution in [-0.2, 0) is 9.53 Å². The maximum Gasteiger partial charge on any atom is 0.311 e. The SMILES string of the molecule is CCC(C)(C)C(=O)OCCCC(C)(C)C. The molecule has 0 unspecified atom stereocenters. The van der Waals surface area contributed by atoms with Crippen molar-refractivity contribution in [2.24, 2.45) is 10.8 Å². The molecule has 0 fully saturated rings. The topological polar surface area (TPSA) is 26.3 Å². The first-order chi connectivity index (χ1) is 6.69. The molecule has 0 heterocycles. The minimum absolute atomic E-state index is 0.0705. The van der Waals surface area contributed by atoms with Gasteiger partial charge in [-0.25, -0.2) is 0 Å². The van der Waals surface area contributed by atoms with Gasteiger partial charge < -0.3 is 4.74 Å². The van der Waals surface area contributed by atoms with E-state index in [-0.39, 0.29) is 11.4 Å². The number of esters is 1. The zero-order chi connectivity index (χ0) is 12.1. The Morgan fingerprint density at radius 3 is 2.07 bits per heavy atom. The second-order valence-corrected chi connectivity index (χ2v) is 6.04. The Labute approximate surface area is 94.4 Å². The molecule has 0 aliphatic carbocycles. The third kappa shape index (κ3) is 6.53. The van der Waals surface area contributed by atoms with E-state index in [0.717, 1.165) is 19.3 Å². The Morgan fingerprint density at radius 1 is 1.13 bits per heavy atom. The van der Waals surface area contributed by atoms with Crippen molar-refractivity contribution in [3.63, 3.8) is 0 Å². The summed E-state index contributed by atoms with van der Waals surface area (Å²) in [4.78, 5) is 11.6. The van der Waals surface area contributed by atoms with Crippen LogP contribution >= 0.6 is 0 Å². The summed E-state index contributed by atoms with van der Waals surface area (Å²) in [6, 6.07) is 0. The average Bonchev–Trinajstić information content (AvgIpc) is 2.10. The van der Waals surface area contributed by atoms with Crippen molar-refractivity contribution in [2.45, 2.75) is 60.8 Å². The number of carbonyl (C=O) groups excluding carboxylic acids is 1. The van der Waals surface area contributed by atoms with Crippen LogP contribution in [0.2, 0.25) is 0 Å². The van der Waals surface area contributed by atoms with E-state index in [2.05, 4.69) is 20.8 Å². The highest BCUT2D eigenvalue weighted by Crippen LogP contribution is 2.23. The van der Waals surface area contributed by atoms with Crippen molar-refractivity contribution in [1.29, 1.82) is 0 Å². The Hall–Kier alpha value is -0.530. The lowest BCUT2D eigenvalue weighted by molar-refractivity contribution is -0.154. The van der Waals surface area contributed by atoms with Crippen LogP contribution in [0.5, 0.6) is 0 Å². The minimum Gasteiger partial charge on any atom is -0.465 e. The zero-order valence-corrected chi connectivity index (χ0v) is 11.1. The van der Waals surface area contributed by atoms with E-state index in [4.69, 9.17) is 4.74 Å². The maximum atomic E-state index is 11.6. The van der Waals surface area contributed by atoms with Crippen molar-refractivity contribution in [2.75, 3.05) is 6.61 Å². The molecule has 15 heavy (non-hydrogen) atoms. The Bertz CT molecular complexity index is 199. The van der Waals surface area contributed by atoms with Gasteiger partial charge in [0.25, 0.3) is 0 Å². The highest BCUT2D eigenvalue weighted by atomic mass is 16.5. The van der Waals surface area contributed by atoms with Gasteiger partial charge in [-0.1, -0.05) is 27.7 Å². The van der Waals surface area contributed by atoms with Gasteiger partial charge in [0.05, 0.1) is 12.0 Å². The van der Waals surface area contributed by atoms with Gasteiger partial charge in [-0.3, -0.25) is 4.79 Å². The lowest BCUT2D eigenvalue weighted by Crippen LogP contribution is -2.26. The van der Waals surface area contributed by atoms with E-state index in [1.54, 1.807) is 0 Å². The fourth-order valence-electron chi connectivity index (χ4n) is 1.11. The summed E-state index contributed by atoms with van der Waals surface area (Å²) >= 11 is 0. The molecule has 0 aromatic rings. The fraction of sp³-hybridized carbons (Fsp3) is 0.923. The second-order valence-electron chi connectivity index (χ2n) is 6.04. The molecule has 0 N–H and O–H groups in total. The minimum atomic E-state index is -0.332. The number of hydrogen-bond donors (Lipinski definition) is 0. The van der Waals surface area contributed by atoms with E-state index in [1.807, 2.05) is 20.8 Å². The summed E-state index contributed by atoms with van der Waals surface area (Å²) in [5.41, 5.74) is -0.00554. The van der Waals surface area contributed by atoms with Gasteiger partial charge in [-0.2, -0.15) is 0 Å². The van der Waals surface area contributed by atoms with Crippen LogP contribution in [0.1, 0.15) is 60.8 Å². The van der Waals surface area contributed by atoms with Crippen molar-refractivity contribution in [1.82, 2.24) is 0 Å². The van der Waals surface area contributed by atoms with Gasteiger partial charge in [0.1, 0.15) is 0 Å². The summed E-state index contributed by atoms with van der Waals surface area (Å²) in [6.45, 7) is 13.0. The third-order valence-electron chi connectivity index (χ3n) is 2.74. The number of hydrogen-bond acceptors (Lipinski definition) is 2. The first-order valence-electron chi connectivity index (χ1n) is 5.86. The van der Waals surface area contributed by atoms with Crippen LogP contribution in [0.4, 0.5) is 0 Å². The van der Waals surface area contributed by atoms with Gasteiger partial charge in [-0.05, 0) is 38.5 Å². The molecule has 2 heteroatoms. The van der Waals surface area contributed by atoms with Gasteiger partial charge in [0, 0.05) is 0 Å². The molecule has 2 nitrogen and oxygen atoms in total. The maximum absolute atomic E-state index is 11.6. The van der Waals surface area contributed by atoms with E-state index >= 15 is 0 Å². The largest absolute Gasteiger partial charge is 0.465 e. The lowest BCUT2D eigenvalue weighted by Gasteiger charge is -2.21. The van der Waals surface area contributed by atoms with E-state index in [1.165, 1.54) is 0 Å². The molecule has 0 aromatic carbocycles. The summed E-state index contributed by atoms with van der Waals surface area (Å²) in [5.74, 6) is -0.0705. The fourth-order valence-corrected chi connectivity index (χ4v) is 1.11. The molecule has 0 atom stereocenters. The highest BCUT2D eigenvalue weighted by molar-refractivity contribution is 5.75. The molecule has 0 amide bonds. The van der Waals surface area contributed by atoms with Crippen molar-refractivity contribution in [3.8, 4) is 0 Å². The normalized spacial score (nSPS) is 12.7. The molecular weight excluding hydrogens is 188 g/mol. The van der Waals surface area contributed by atoms with Crippen molar-refractivity contribution < 1.29 is 9.53 Å². The molecule has 0 saturated carbocycles. The molecule has 0 saturated heterocycles. The van der Waals surface area contributed by atoms with Crippen LogP contribution in [-0.4, -0.2) is 12.6 Å². The molecule has 0 rings (SSSR count). The van der Waals surface area contributed by atoms with Crippen LogP contribution < -0.4 is 0 Å². The molecule has 90 valence electrons. The standard InChI is InChI=1S/C13H26O2/c1-7-13(5,6)11(14)15-10-8-9-12(2,3)4/h7-10H2,1-6H3. The molecule has 0 spiro atoms. The Morgan fingerprint density at radius 2 is 1.67 bits per heavy atom. The summed E-state index contributed by atoms with van der Waals surface area (Å²) in [5, 5.41) is 0. The zero-order valence-electron chi connectivity index (χ0n) is 11.1. The summed E-state index contributed by atoms with van der Waals surface area (Å²) in [7, 11) is 0. The smallest absolute Gasteiger partial charge is 0.311 e. The van der Waals surface area contributed by atoms with Gasteiger partial charge in [-0.15, -0.1) is 0 Å². The second kappa shape index (κ2) is 5.53. The first-order valence-corrected chi connectivity index (χ1v) is 5.86. The summed E-state index contributed by atoms with van der Waals surface area (Å²) < 4.78 is 5.25. The van der Waals surface area contributed by atoms with E-state index < -0.39 is 0 Å². The molecule has 0 radical (unpaired) electrons. The molecule has 0 aliphatic rings. The monoisotopic (exact) mass is 214 g/mol. The van der Waals surface area contributed by atoms with Crippen LogP contribution in [0.3, 0.4) is 0 Å². The lowest BCUT2D eigenvalue weighted by atomic mass is 9.90. The van der Waals surface area contributed by atoms with Crippen LogP contribution in [0.25, 0.3) is 0 Å². The quantitative estimate of drug-likeness (QED) is 0.514. The average molecular weight is 214 g/mol. The Kier molecular flexibility index (Phi) is 5.33. The number of carbonyl (C=O) groups is 1. The van der Waals surface area contributed by atoms with Gasteiger partial charge in [0.2, 0.25) is 0 Å². The molecular formula is C13H26O2. The van der Waals surface area contributed by atoms with Crippen molar-refractivity contribution in [3.05, 3.63) is 0 Å². The van der Waals surface area contributed by atoms with Crippen molar-refractivity contribution >= 4 is 5.97 Å². The van der Waals surface area contributed by atoms with Gasteiger partial charge >= 0.3 is 5.97 Å².